The molecule has 7 heteroatoms. The number of nitrogens with one attached hydrogen (secondary N) is 2. The number of H-pyrrole nitrogens is 1. The summed E-state index contributed by atoms with van der Waals surface area (Å²) in [5.74, 6) is 0.493. The van der Waals surface area contributed by atoms with Gasteiger partial charge in [-0.05, 0) is 42.9 Å². The molecule has 2 N–H and O–H groups in total. The molecule has 0 aliphatic heterocycles. The molecule has 7 nitrogen and oxygen atoms in total. The minimum Gasteiger partial charge on any atom is -0.490 e. The fourth-order valence-corrected chi connectivity index (χ4v) is 3.64. The van der Waals surface area contributed by atoms with E-state index in [0.717, 1.165) is 12.8 Å². The maximum atomic E-state index is 12.8. The van der Waals surface area contributed by atoms with Gasteiger partial charge in [0.2, 0.25) is 0 Å². The molecular weight excluding hydrogens is 396 g/mol. The molecule has 1 amide bonds. The first-order valence-electron chi connectivity index (χ1n) is 10.7. The molecule has 1 aromatic carbocycles. The summed E-state index contributed by atoms with van der Waals surface area (Å²) < 4.78 is 11.5. The van der Waals surface area contributed by atoms with E-state index in [1.165, 1.54) is 6.07 Å². The summed E-state index contributed by atoms with van der Waals surface area (Å²) in [6.45, 7) is 9.07. The van der Waals surface area contributed by atoms with Gasteiger partial charge in [-0.3, -0.25) is 14.4 Å². The van der Waals surface area contributed by atoms with E-state index >= 15 is 0 Å². The quantitative estimate of drug-likeness (QED) is 0.654. The van der Waals surface area contributed by atoms with Crippen LogP contribution in [-0.4, -0.2) is 29.9 Å². The highest BCUT2D eigenvalue weighted by atomic mass is 16.5. The Morgan fingerprint density at radius 3 is 2.39 bits per heavy atom. The number of ketones is 1. The SMILES string of the molecule is CCCOc1ccc(NC(=O)c2cc3c([nH]c2=O)CC(C)(C)CC3=O)cc1OCCC. The lowest BCUT2D eigenvalue weighted by molar-refractivity contribution is 0.0910. The summed E-state index contributed by atoms with van der Waals surface area (Å²) in [5, 5.41) is 2.73. The zero-order valence-corrected chi connectivity index (χ0v) is 18.6. The molecule has 1 aromatic heterocycles. The molecule has 166 valence electrons. The van der Waals surface area contributed by atoms with Gasteiger partial charge in [-0.1, -0.05) is 27.7 Å². The van der Waals surface area contributed by atoms with Crippen LogP contribution in [-0.2, 0) is 6.42 Å². The van der Waals surface area contributed by atoms with Crippen molar-refractivity contribution in [3.63, 3.8) is 0 Å². The molecule has 1 aliphatic carbocycles. The molecule has 3 rings (SSSR count). The molecule has 0 saturated heterocycles. The van der Waals surface area contributed by atoms with Gasteiger partial charge >= 0.3 is 0 Å². The van der Waals surface area contributed by atoms with E-state index < -0.39 is 11.5 Å². The number of anilines is 1. The minimum atomic E-state index is -0.578. The number of aromatic nitrogens is 1. The van der Waals surface area contributed by atoms with Crippen molar-refractivity contribution in [2.45, 2.75) is 53.4 Å². The van der Waals surface area contributed by atoms with Gasteiger partial charge in [0.25, 0.3) is 11.5 Å². The second-order valence-corrected chi connectivity index (χ2v) is 8.66. The van der Waals surface area contributed by atoms with Crippen molar-refractivity contribution < 1.29 is 19.1 Å². The monoisotopic (exact) mass is 426 g/mol. The van der Waals surface area contributed by atoms with E-state index in [4.69, 9.17) is 9.47 Å². The lowest BCUT2D eigenvalue weighted by Gasteiger charge is -2.29. The molecular formula is C24H30N2O5. The van der Waals surface area contributed by atoms with E-state index in [2.05, 4.69) is 10.3 Å². The fourth-order valence-electron chi connectivity index (χ4n) is 3.64. The van der Waals surface area contributed by atoms with Crippen molar-refractivity contribution in [3.05, 3.63) is 51.4 Å². The Labute approximate surface area is 182 Å². The van der Waals surface area contributed by atoms with Gasteiger partial charge in [-0.15, -0.1) is 0 Å². The smallest absolute Gasteiger partial charge is 0.261 e. The van der Waals surface area contributed by atoms with Gasteiger partial charge in [0.1, 0.15) is 5.56 Å². The minimum absolute atomic E-state index is 0.0655. The molecule has 2 aromatic rings. The molecule has 0 fully saturated rings. The lowest BCUT2D eigenvalue weighted by Crippen LogP contribution is -2.32. The lowest BCUT2D eigenvalue weighted by atomic mass is 9.75. The number of ether oxygens (including phenoxy) is 2. The number of benzene rings is 1. The molecule has 1 aliphatic rings. The van der Waals surface area contributed by atoms with Crippen molar-refractivity contribution >= 4 is 17.4 Å². The number of carbonyl (C=O) groups excluding carboxylic acids is 2. The third-order valence-corrected chi connectivity index (χ3v) is 5.09. The Kier molecular flexibility index (Phi) is 6.83. The van der Waals surface area contributed by atoms with E-state index in [0.29, 0.717) is 54.5 Å². The number of hydrogen-bond donors (Lipinski definition) is 2. The third-order valence-electron chi connectivity index (χ3n) is 5.09. The van der Waals surface area contributed by atoms with Gasteiger partial charge < -0.3 is 19.8 Å². The van der Waals surface area contributed by atoms with Crippen LogP contribution in [0, 0.1) is 5.41 Å². The van der Waals surface area contributed by atoms with Crippen LogP contribution in [0.25, 0.3) is 0 Å². The summed E-state index contributed by atoms with van der Waals surface area (Å²) in [6.07, 6.45) is 2.66. The molecule has 31 heavy (non-hydrogen) atoms. The highest BCUT2D eigenvalue weighted by molar-refractivity contribution is 6.06. The second-order valence-electron chi connectivity index (χ2n) is 8.66. The molecule has 0 radical (unpaired) electrons. The molecule has 0 spiro atoms. The summed E-state index contributed by atoms with van der Waals surface area (Å²) in [7, 11) is 0. The third kappa shape index (κ3) is 5.34. The number of amides is 1. The van der Waals surface area contributed by atoms with Crippen LogP contribution in [0.5, 0.6) is 11.5 Å². The van der Waals surface area contributed by atoms with E-state index in [1.54, 1.807) is 18.2 Å². The number of aromatic amines is 1. The average Bonchev–Trinajstić information content (AvgIpc) is 2.70. The Morgan fingerprint density at radius 2 is 1.71 bits per heavy atom. The van der Waals surface area contributed by atoms with Crippen LogP contribution in [0.2, 0.25) is 0 Å². The van der Waals surface area contributed by atoms with Crippen molar-refractivity contribution in [2.24, 2.45) is 5.41 Å². The zero-order valence-electron chi connectivity index (χ0n) is 18.6. The summed E-state index contributed by atoms with van der Waals surface area (Å²) in [5.41, 5.74) is 0.674. The number of hydrogen-bond acceptors (Lipinski definition) is 5. The van der Waals surface area contributed by atoms with Crippen molar-refractivity contribution in [2.75, 3.05) is 18.5 Å². The Balaban J connectivity index is 1.85. The van der Waals surface area contributed by atoms with Gasteiger partial charge in [0, 0.05) is 29.4 Å². The average molecular weight is 427 g/mol. The van der Waals surface area contributed by atoms with Gasteiger partial charge in [-0.25, -0.2) is 0 Å². The standard InChI is InChI=1S/C24H30N2O5/c1-5-9-30-20-8-7-15(11-21(20)31-10-6-2)25-22(28)17-12-16-18(26-23(17)29)13-24(3,4)14-19(16)27/h7-8,11-12H,5-6,9-10,13-14H2,1-4H3,(H,25,28)(H,26,29). The van der Waals surface area contributed by atoms with Crippen LogP contribution >= 0.6 is 0 Å². The first kappa shape index (κ1) is 22.6. The number of fused-ring (bicyclic) bond motifs is 1. The second kappa shape index (κ2) is 9.37. The number of Topliss-reactive ketones (excluding diaryl/α,β-unsaturated/α-hetero) is 1. The van der Waals surface area contributed by atoms with Crippen molar-refractivity contribution in [1.29, 1.82) is 0 Å². The number of rotatable bonds is 8. The Morgan fingerprint density at radius 1 is 1.03 bits per heavy atom. The van der Waals surface area contributed by atoms with Crippen LogP contribution in [0.15, 0.2) is 29.1 Å². The molecule has 0 atom stereocenters. The first-order chi connectivity index (χ1) is 14.7. The zero-order chi connectivity index (χ0) is 22.6. The molecule has 1 heterocycles. The van der Waals surface area contributed by atoms with E-state index in [9.17, 15) is 14.4 Å². The molecule has 0 unspecified atom stereocenters. The van der Waals surface area contributed by atoms with Crippen LogP contribution in [0.1, 0.15) is 73.4 Å². The van der Waals surface area contributed by atoms with E-state index in [-0.39, 0.29) is 16.8 Å². The molecule has 0 saturated carbocycles. The largest absolute Gasteiger partial charge is 0.490 e. The Bertz CT molecular complexity index is 1040. The highest BCUT2D eigenvalue weighted by Crippen LogP contribution is 2.34. The summed E-state index contributed by atoms with van der Waals surface area (Å²) >= 11 is 0. The van der Waals surface area contributed by atoms with Gasteiger partial charge in [-0.2, -0.15) is 0 Å². The topological polar surface area (TPSA) is 97.5 Å². The predicted octanol–water partition coefficient (Wildman–Crippen LogP) is 4.36. The van der Waals surface area contributed by atoms with Gasteiger partial charge in [0.05, 0.1) is 13.2 Å². The predicted molar refractivity (Wildman–Crippen MR) is 119 cm³/mol. The van der Waals surface area contributed by atoms with Crippen molar-refractivity contribution in [1.82, 2.24) is 4.98 Å². The normalized spacial score (nSPS) is 14.6. The van der Waals surface area contributed by atoms with Crippen LogP contribution in [0.3, 0.4) is 0 Å². The number of carbonyl (C=O) groups is 2. The highest BCUT2D eigenvalue weighted by Gasteiger charge is 2.32. The fraction of sp³-hybridized carbons (Fsp3) is 0.458. The van der Waals surface area contributed by atoms with Crippen LogP contribution in [0.4, 0.5) is 5.69 Å². The molecule has 0 bridgehead atoms. The van der Waals surface area contributed by atoms with E-state index in [1.807, 2.05) is 27.7 Å². The van der Waals surface area contributed by atoms with Crippen molar-refractivity contribution in [3.8, 4) is 11.5 Å². The summed E-state index contributed by atoms with van der Waals surface area (Å²) in [4.78, 5) is 40.6. The van der Waals surface area contributed by atoms with Crippen LogP contribution < -0.4 is 20.3 Å². The maximum absolute atomic E-state index is 12.8. The summed E-state index contributed by atoms with van der Waals surface area (Å²) in [6, 6.07) is 6.52. The Hall–Kier alpha value is -3.09. The van der Waals surface area contributed by atoms with Gasteiger partial charge in [0.15, 0.2) is 17.3 Å². The first-order valence-corrected chi connectivity index (χ1v) is 10.7. The number of pyridine rings is 1. The maximum Gasteiger partial charge on any atom is 0.261 e.